The van der Waals surface area contributed by atoms with Gasteiger partial charge < -0.3 is 111 Å². The third-order valence-electron chi connectivity index (χ3n) is 17.6. The molecule has 3 aromatic carbocycles. The Morgan fingerprint density at radius 2 is 1.12 bits per heavy atom. The van der Waals surface area contributed by atoms with Crippen LogP contribution in [0.2, 0.25) is 0 Å². The molecule has 1 aromatic heterocycles. The number of alkyl carbamates (subject to hydrolysis) is 1. The summed E-state index contributed by atoms with van der Waals surface area (Å²) < 4.78 is 5.54. The van der Waals surface area contributed by atoms with Crippen LogP contribution in [0.4, 0.5) is 4.79 Å². The third-order valence-corrected chi connectivity index (χ3v) is 18.3. The van der Waals surface area contributed by atoms with E-state index < -0.39 is 175 Å². The summed E-state index contributed by atoms with van der Waals surface area (Å²) in [6.07, 6.45) is 0.676. The zero-order valence-corrected chi connectivity index (χ0v) is 61.3. The number of H-pyrrole nitrogens is 1. The summed E-state index contributed by atoms with van der Waals surface area (Å²) in [6.45, 7) is 1.08. The van der Waals surface area contributed by atoms with Gasteiger partial charge in [-0.15, -0.1) is 0 Å². The summed E-state index contributed by atoms with van der Waals surface area (Å²) in [5, 5.41) is 66.3. The number of aliphatic carboxylic acids is 1. The SMILES string of the molecule is C[C@@H](C=O)NC(=O)[C@H](CS)NC(=O)[C@H](CCCNC(=N)N)NC(=O)C1CCCN1C(=O)[C@H](CC(=O)O)NC(=O)[C@H](CO)NC(=O)[C@H](CC=CC[C@H](NC(=O)[C@H](CCCNC(=N)N)NC(=O)[C@@H](C)Cc1cc2ccccc2[nH]1)C(N)=O)NC(=O)[C@H](CS)NC(=O)CNC(=O)OCC1c2ccccc2-c2ccccc21. The summed E-state index contributed by atoms with van der Waals surface area (Å²) in [5.74, 6) is -14.5. The van der Waals surface area contributed by atoms with E-state index in [1.807, 2.05) is 78.9 Å². The van der Waals surface area contributed by atoms with Crippen molar-refractivity contribution in [3.05, 3.63) is 108 Å². The Morgan fingerprint density at radius 1 is 0.620 bits per heavy atom. The number of amides is 12. The number of nitrogens with two attached hydrogens (primary N) is 3. The average Bonchev–Trinajstić information content (AvgIpc) is 1.62. The van der Waals surface area contributed by atoms with Gasteiger partial charge in [0.15, 0.2) is 11.9 Å². The molecule has 12 amide bonds. The standard InChI is InChI=1S/C70H95N19O17S2/c1-37(28-40-29-39-14-3-8-19-46(39)80-40)59(96)83-49(22-11-25-76-68(72)73)60(97)82-47(58(71)95)20-9-10-21-48(84-65(102)53(35-107)81-56(92)31-78-70(105)106-34-45-43-17-6-4-15-41(43)42-16-5-7-18-44(42)45)61(98)87-52(33-91)63(100)86-51(30-57(93)94)67(104)89-27-13-24-55(89)66(103)85-50(23-12-26-77-69(74)75)62(99)88-54(36-108)64(101)79-38(2)32-90/h3-10,14-19,29,32,37-38,45,47-55,80,91,107-108H,11-13,20-28,30-31,33-36H2,1-2H3,(H2,71,95)(H,78,105)(H,79,101)(H,81,92)(H,82,97)(H,83,96)(H,84,102)(H,85,103)(H,86,100)(H,87,98)(H,88,99)(H,93,94)(H4,72,73,76)(H4,74,75,77)/t37-,38-,47-,48-,49-,50-,51-,52-,53-,54-,55?/m0/s1. The summed E-state index contributed by atoms with van der Waals surface area (Å²) in [4.78, 5) is 193. The molecule has 23 N–H and O–H groups in total. The Morgan fingerprint density at radius 3 is 1.69 bits per heavy atom. The molecule has 4 aromatic rings. The molecule has 0 radical (unpaired) electrons. The smallest absolute Gasteiger partial charge is 0.407 e. The number of hydrogen-bond acceptors (Lipinski definition) is 20. The van der Waals surface area contributed by atoms with Crippen molar-refractivity contribution in [2.75, 3.05) is 50.9 Å². The van der Waals surface area contributed by atoms with Gasteiger partial charge >= 0.3 is 12.1 Å². The normalized spacial score (nSPS) is 15.7. The Hall–Kier alpha value is -11.3. The van der Waals surface area contributed by atoms with Gasteiger partial charge in [0.25, 0.3) is 0 Å². The van der Waals surface area contributed by atoms with E-state index >= 15 is 0 Å². The molecule has 108 heavy (non-hydrogen) atoms. The van der Waals surface area contributed by atoms with Gasteiger partial charge in [0, 0.05) is 54.2 Å². The van der Waals surface area contributed by atoms with Gasteiger partial charge in [0.1, 0.15) is 73.8 Å². The molecule has 0 bridgehead atoms. The van der Waals surface area contributed by atoms with E-state index in [9.17, 15) is 77.3 Å². The molecule has 2 aliphatic rings. The molecule has 1 fully saturated rings. The molecule has 38 heteroatoms. The molecule has 1 aliphatic carbocycles. The lowest BCUT2D eigenvalue weighted by molar-refractivity contribution is -0.146. The van der Waals surface area contributed by atoms with Crippen molar-refractivity contribution in [3.8, 4) is 11.1 Å². The van der Waals surface area contributed by atoms with E-state index in [0.29, 0.717) is 6.29 Å². The molecule has 1 saturated heterocycles. The van der Waals surface area contributed by atoms with Crippen LogP contribution in [0.25, 0.3) is 22.0 Å². The number of para-hydroxylation sites is 1. The number of carbonyl (C=O) groups is 14. The molecular weight excluding hydrogens is 1440 g/mol. The Labute approximate surface area is 632 Å². The maximum Gasteiger partial charge on any atom is 0.407 e. The number of carboxylic acid groups (broad SMARTS) is 1. The lowest BCUT2D eigenvalue weighted by Crippen LogP contribution is -2.61. The number of nitrogens with one attached hydrogen (secondary N) is 15. The summed E-state index contributed by atoms with van der Waals surface area (Å²) >= 11 is 8.39. The number of carbonyl (C=O) groups excluding carboxylic acids is 13. The molecule has 1 aliphatic heterocycles. The highest BCUT2D eigenvalue weighted by molar-refractivity contribution is 7.80. The third kappa shape index (κ3) is 26.0. The number of likely N-dealkylation sites (tertiary alicyclic amines) is 1. The van der Waals surface area contributed by atoms with Crippen LogP contribution in [0, 0.1) is 16.7 Å². The topological polar surface area (TPSA) is 578 Å². The van der Waals surface area contributed by atoms with E-state index in [2.05, 4.69) is 94.0 Å². The number of rotatable bonds is 43. The quantitative estimate of drug-likeness (QED) is 0.00529. The maximum atomic E-state index is 14.5. The number of carboxylic acids is 1. The van der Waals surface area contributed by atoms with Crippen molar-refractivity contribution in [1.29, 1.82) is 10.8 Å². The van der Waals surface area contributed by atoms with Gasteiger partial charge in [-0.1, -0.05) is 85.8 Å². The second-order valence-corrected chi connectivity index (χ2v) is 26.5. The van der Waals surface area contributed by atoms with Crippen molar-refractivity contribution < 1.29 is 82.1 Å². The number of aldehydes is 1. The molecule has 6 rings (SSSR count). The Kier molecular flexibility index (Phi) is 33.9. The predicted octanol–water partition coefficient (Wildman–Crippen LogP) is -2.87. The van der Waals surface area contributed by atoms with Crippen molar-refractivity contribution in [3.63, 3.8) is 0 Å². The first-order valence-corrected chi connectivity index (χ1v) is 36.1. The number of primary amides is 1. The second kappa shape index (κ2) is 42.8. The predicted molar refractivity (Wildman–Crippen MR) is 401 cm³/mol. The first kappa shape index (κ1) is 85.6. The van der Waals surface area contributed by atoms with Gasteiger partial charge in [-0.3, -0.25) is 68.4 Å². The monoisotopic (exact) mass is 1540 g/mol. The van der Waals surface area contributed by atoms with Crippen LogP contribution in [-0.2, 0) is 73.5 Å². The first-order chi connectivity index (χ1) is 51.5. The van der Waals surface area contributed by atoms with Gasteiger partial charge in [0.05, 0.1) is 19.1 Å². The molecule has 0 saturated carbocycles. The number of nitrogens with zero attached hydrogens (tertiary/aromatic N) is 1. The highest BCUT2D eigenvalue weighted by atomic mass is 32.1. The number of aliphatic hydroxyl groups is 1. The summed E-state index contributed by atoms with van der Waals surface area (Å²) in [7, 11) is 0. The van der Waals surface area contributed by atoms with Crippen LogP contribution in [0.1, 0.15) is 94.4 Å². The summed E-state index contributed by atoms with van der Waals surface area (Å²) in [5.41, 5.74) is 22.1. The van der Waals surface area contributed by atoms with Gasteiger partial charge in [-0.25, -0.2) is 4.79 Å². The zero-order chi connectivity index (χ0) is 79.1. The number of aliphatic hydroxyl groups excluding tert-OH is 1. The van der Waals surface area contributed by atoms with Gasteiger partial charge in [0.2, 0.25) is 65.0 Å². The minimum Gasteiger partial charge on any atom is -0.481 e. The van der Waals surface area contributed by atoms with Crippen molar-refractivity contribution in [2.45, 2.75) is 144 Å². The minimum absolute atomic E-state index is 0.00132. The van der Waals surface area contributed by atoms with Crippen LogP contribution >= 0.6 is 25.3 Å². The Balaban J connectivity index is 1.17. The Bertz CT molecular complexity index is 3880. The molecule has 1 unspecified atom stereocenters. The number of aromatic amines is 1. The van der Waals surface area contributed by atoms with E-state index in [-0.39, 0.29) is 101 Å². The lowest BCUT2D eigenvalue weighted by atomic mass is 9.98. The fourth-order valence-electron chi connectivity index (χ4n) is 12.0. The number of fused-ring (bicyclic) bond motifs is 4. The number of benzene rings is 3. The first-order valence-electron chi connectivity index (χ1n) is 34.8. The minimum atomic E-state index is -2.02. The van der Waals surface area contributed by atoms with E-state index in [1.54, 1.807) is 6.92 Å². The van der Waals surface area contributed by atoms with Crippen LogP contribution in [0.3, 0.4) is 0 Å². The second-order valence-electron chi connectivity index (χ2n) is 25.8. The molecule has 584 valence electrons. The van der Waals surface area contributed by atoms with Crippen LogP contribution < -0.4 is 81.0 Å². The molecule has 11 atom stereocenters. The van der Waals surface area contributed by atoms with E-state index in [4.69, 9.17) is 32.8 Å². The number of aromatic nitrogens is 1. The number of guanidine groups is 2. The largest absolute Gasteiger partial charge is 0.481 e. The molecular formula is C70H95N19O17S2. The number of hydrogen-bond donors (Lipinski definition) is 22. The molecule has 0 spiro atoms. The number of thiol groups is 2. The van der Waals surface area contributed by atoms with Crippen LogP contribution in [0.5, 0.6) is 0 Å². The maximum absolute atomic E-state index is 14.5. The van der Waals surface area contributed by atoms with Crippen molar-refractivity contribution in [2.24, 2.45) is 23.1 Å². The zero-order valence-electron chi connectivity index (χ0n) is 59.5. The summed E-state index contributed by atoms with van der Waals surface area (Å²) in [6, 6.07) is 9.65. The van der Waals surface area contributed by atoms with Crippen LogP contribution in [0.15, 0.2) is 91.0 Å². The van der Waals surface area contributed by atoms with Gasteiger partial charge in [-0.05, 0) is 104 Å². The average molecular weight is 1540 g/mol. The number of ether oxygens (including phenoxy) is 1. The molecule has 2 heterocycles. The van der Waals surface area contributed by atoms with E-state index in [1.165, 1.54) is 19.1 Å². The van der Waals surface area contributed by atoms with Crippen molar-refractivity contribution >= 4 is 131 Å². The van der Waals surface area contributed by atoms with Crippen molar-refractivity contribution in [1.82, 2.24) is 73.7 Å². The molecule has 36 nitrogen and oxygen atoms in total. The highest BCUT2D eigenvalue weighted by Gasteiger charge is 2.41. The fraction of sp³-hybridized carbons (Fsp3) is 0.457. The van der Waals surface area contributed by atoms with Crippen LogP contribution in [-0.4, -0.2) is 227 Å². The highest BCUT2D eigenvalue weighted by Crippen LogP contribution is 2.44. The van der Waals surface area contributed by atoms with Gasteiger partial charge in [-0.2, -0.15) is 25.3 Å². The lowest BCUT2D eigenvalue weighted by Gasteiger charge is -2.30. The fourth-order valence-corrected chi connectivity index (χ4v) is 12.5. The van der Waals surface area contributed by atoms with E-state index in [0.717, 1.165) is 43.8 Å².